The van der Waals surface area contributed by atoms with Gasteiger partial charge in [-0.2, -0.15) is 0 Å². The Bertz CT molecular complexity index is 333. The molecule has 2 rings (SSSR count). The highest BCUT2D eigenvalue weighted by atomic mass is 16.4. The third-order valence-electron chi connectivity index (χ3n) is 4.53. The van der Waals surface area contributed by atoms with Crippen molar-refractivity contribution in [3.63, 3.8) is 0 Å². The molecule has 0 aliphatic heterocycles. The lowest BCUT2D eigenvalue weighted by Gasteiger charge is -2.32. The molecular weight excluding hydrogens is 180 g/mol. The van der Waals surface area contributed by atoms with Crippen LogP contribution in [0.4, 0.5) is 0 Å². The molecule has 0 aromatic heterocycles. The highest BCUT2D eigenvalue weighted by Gasteiger charge is 2.64. The van der Waals surface area contributed by atoms with Gasteiger partial charge in [0.05, 0.1) is 0 Å². The molecule has 2 unspecified atom stereocenters. The van der Waals surface area contributed by atoms with Crippen molar-refractivity contribution in [1.29, 1.82) is 0 Å². The van der Waals surface area contributed by atoms with Gasteiger partial charge in [-0.25, -0.2) is 0 Å². The Morgan fingerprint density at radius 1 is 1.21 bits per heavy atom. The maximum atomic E-state index is 8.98. The zero-order valence-corrected chi connectivity index (χ0v) is 8.78. The zero-order chi connectivity index (χ0) is 10.6. The molecule has 0 radical (unpaired) electrons. The lowest BCUT2D eigenvalue weighted by Crippen LogP contribution is -2.33. The van der Waals surface area contributed by atoms with Crippen molar-refractivity contribution in [3.8, 4) is 0 Å². The summed E-state index contributed by atoms with van der Waals surface area (Å²) >= 11 is 0. The van der Waals surface area contributed by atoms with Crippen LogP contribution in [0.25, 0.3) is 0 Å². The van der Waals surface area contributed by atoms with Crippen molar-refractivity contribution in [1.82, 2.24) is 0 Å². The van der Waals surface area contributed by atoms with E-state index in [4.69, 9.17) is 10.4 Å². The van der Waals surface area contributed by atoms with Crippen LogP contribution in [0.2, 0.25) is 0 Å². The number of rotatable bonds is 0. The van der Waals surface area contributed by atoms with E-state index < -0.39 is 0 Å². The van der Waals surface area contributed by atoms with Crippen LogP contribution in [0.5, 0.6) is 0 Å². The first-order valence-corrected chi connectivity index (χ1v) is 4.94. The molecule has 0 aromatic rings. The van der Waals surface area contributed by atoms with Gasteiger partial charge in [-0.1, -0.05) is 31.1 Å². The normalized spacial score (nSPS) is 45.2. The van der Waals surface area contributed by atoms with Gasteiger partial charge in [-0.15, -0.1) is 0 Å². The van der Waals surface area contributed by atoms with E-state index in [1.54, 1.807) is 0 Å². The fraction of sp³-hybridized carbons (Fsp3) is 0.800. The van der Waals surface area contributed by atoms with Crippen LogP contribution in [-0.2, 0) is 0 Å². The summed E-state index contributed by atoms with van der Waals surface area (Å²) in [6.07, 6.45) is 2.02. The van der Waals surface area contributed by atoms with Crippen LogP contribution in [-0.4, -0.2) is 21.8 Å². The molecule has 0 heterocycles. The molecule has 2 bridgehead atoms. The number of hydrogen-bond acceptors (Lipinski definition) is 4. The van der Waals surface area contributed by atoms with E-state index in [1.165, 1.54) is 0 Å². The molecule has 0 aromatic carbocycles. The molecule has 14 heavy (non-hydrogen) atoms. The first-order valence-electron chi connectivity index (χ1n) is 4.94. The van der Waals surface area contributed by atoms with Crippen LogP contribution in [0.15, 0.2) is 10.3 Å². The summed E-state index contributed by atoms with van der Waals surface area (Å²) in [6.45, 7) is 6.38. The second-order valence-corrected chi connectivity index (χ2v) is 5.08. The van der Waals surface area contributed by atoms with E-state index in [0.29, 0.717) is 11.4 Å². The first-order chi connectivity index (χ1) is 6.49. The Morgan fingerprint density at radius 2 is 1.86 bits per heavy atom. The number of hydrogen-bond donors (Lipinski definition) is 2. The lowest BCUT2D eigenvalue weighted by atomic mass is 9.70. The predicted octanol–water partition coefficient (Wildman–Crippen LogP) is 2.10. The summed E-state index contributed by atoms with van der Waals surface area (Å²) in [6, 6.07) is 0. The maximum Gasteiger partial charge on any atom is 0.111 e. The van der Waals surface area contributed by atoms with Crippen molar-refractivity contribution in [2.45, 2.75) is 33.6 Å². The SMILES string of the molecule is CC12CCC(C(=N/O)/C1=N\O)C2(C)C. The lowest BCUT2D eigenvalue weighted by molar-refractivity contribution is 0.200. The van der Waals surface area contributed by atoms with Crippen LogP contribution >= 0.6 is 0 Å². The van der Waals surface area contributed by atoms with Crippen molar-refractivity contribution in [2.75, 3.05) is 0 Å². The Labute approximate surface area is 83.3 Å². The van der Waals surface area contributed by atoms with Crippen molar-refractivity contribution in [3.05, 3.63) is 0 Å². The van der Waals surface area contributed by atoms with Gasteiger partial charge in [-0.3, -0.25) is 0 Å². The van der Waals surface area contributed by atoms with E-state index in [1.807, 2.05) is 0 Å². The van der Waals surface area contributed by atoms with E-state index in [9.17, 15) is 0 Å². The van der Waals surface area contributed by atoms with Crippen LogP contribution in [0, 0.1) is 16.7 Å². The second kappa shape index (κ2) is 2.49. The molecule has 4 heteroatoms. The number of nitrogens with zero attached hydrogens (tertiary/aromatic N) is 2. The molecule has 2 aliphatic carbocycles. The molecule has 78 valence electrons. The van der Waals surface area contributed by atoms with E-state index in [0.717, 1.165) is 12.8 Å². The average molecular weight is 196 g/mol. The number of oxime groups is 2. The van der Waals surface area contributed by atoms with E-state index in [-0.39, 0.29) is 16.7 Å². The summed E-state index contributed by atoms with van der Waals surface area (Å²) in [5.74, 6) is 0.225. The van der Waals surface area contributed by atoms with Crippen molar-refractivity contribution >= 4 is 11.4 Å². The largest absolute Gasteiger partial charge is 0.411 e. The fourth-order valence-corrected chi connectivity index (χ4v) is 3.13. The topological polar surface area (TPSA) is 65.2 Å². The monoisotopic (exact) mass is 196 g/mol. The molecule has 2 saturated carbocycles. The Kier molecular flexibility index (Phi) is 1.69. The fourth-order valence-electron chi connectivity index (χ4n) is 3.13. The molecule has 2 atom stereocenters. The van der Waals surface area contributed by atoms with Crippen LogP contribution < -0.4 is 0 Å². The van der Waals surface area contributed by atoms with Gasteiger partial charge in [0.2, 0.25) is 0 Å². The maximum absolute atomic E-state index is 8.98. The standard InChI is InChI=1S/C10H16N2O2/c1-9(2)6-4-5-10(9,3)8(12-14)7(6)11-13/h6,13-14H,4-5H2,1-3H3/b11-7-,12-8+. The molecule has 0 saturated heterocycles. The average Bonchev–Trinajstić information content (AvgIpc) is 2.46. The quantitative estimate of drug-likeness (QED) is 0.460. The third kappa shape index (κ3) is 0.751. The van der Waals surface area contributed by atoms with Gasteiger partial charge < -0.3 is 10.4 Å². The Hall–Kier alpha value is -1.06. The summed E-state index contributed by atoms with van der Waals surface area (Å²) in [4.78, 5) is 0. The highest BCUT2D eigenvalue weighted by molar-refractivity contribution is 6.47. The molecule has 2 N–H and O–H groups in total. The molecule has 4 nitrogen and oxygen atoms in total. The minimum Gasteiger partial charge on any atom is -0.411 e. The summed E-state index contributed by atoms with van der Waals surface area (Å²) < 4.78 is 0. The first kappa shape index (κ1) is 9.49. The summed E-state index contributed by atoms with van der Waals surface area (Å²) in [5.41, 5.74) is 1.02. The van der Waals surface area contributed by atoms with Gasteiger partial charge in [0.1, 0.15) is 11.4 Å². The van der Waals surface area contributed by atoms with Gasteiger partial charge in [0.25, 0.3) is 0 Å². The number of fused-ring (bicyclic) bond motifs is 2. The predicted molar refractivity (Wildman–Crippen MR) is 53.1 cm³/mol. The molecular formula is C10H16N2O2. The molecule has 0 spiro atoms. The Balaban J connectivity index is 2.60. The smallest absolute Gasteiger partial charge is 0.111 e. The molecule has 2 fully saturated rings. The Morgan fingerprint density at radius 3 is 2.29 bits per heavy atom. The highest BCUT2D eigenvalue weighted by Crippen LogP contribution is 2.62. The minimum atomic E-state index is -0.145. The zero-order valence-electron chi connectivity index (χ0n) is 8.78. The molecule has 2 aliphatic rings. The second-order valence-electron chi connectivity index (χ2n) is 5.08. The van der Waals surface area contributed by atoms with Gasteiger partial charge in [0.15, 0.2) is 0 Å². The van der Waals surface area contributed by atoms with Gasteiger partial charge in [0, 0.05) is 11.3 Å². The van der Waals surface area contributed by atoms with Crippen molar-refractivity contribution < 1.29 is 10.4 Å². The summed E-state index contributed by atoms with van der Waals surface area (Å²) in [7, 11) is 0. The van der Waals surface area contributed by atoms with E-state index in [2.05, 4.69) is 31.1 Å². The van der Waals surface area contributed by atoms with Crippen LogP contribution in [0.3, 0.4) is 0 Å². The third-order valence-corrected chi connectivity index (χ3v) is 4.53. The molecule has 0 amide bonds. The van der Waals surface area contributed by atoms with Crippen LogP contribution in [0.1, 0.15) is 33.6 Å². The van der Waals surface area contributed by atoms with Crippen molar-refractivity contribution in [2.24, 2.45) is 27.1 Å². The van der Waals surface area contributed by atoms with Gasteiger partial charge in [-0.05, 0) is 18.3 Å². The minimum absolute atomic E-state index is 0.0239. The van der Waals surface area contributed by atoms with E-state index >= 15 is 0 Å². The van der Waals surface area contributed by atoms with Gasteiger partial charge >= 0.3 is 0 Å². The summed E-state index contributed by atoms with van der Waals surface area (Å²) in [5, 5.41) is 24.5.